The zero-order valence-corrected chi connectivity index (χ0v) is 11.3. The molecule has 0 aromatic rings. The Morgan fingerprint density at radius 3 is 2.38 bits per heavy atom. The molecule has 0 radical (unpaired) electrons. The first-order chi connectivity index (χ1) is 7.52. The van der Waals surface area contributed by atoms with Gasteiger partial charge in [-0.15, -0.1) is 0 Å². The van der Waals surface area contributed by atoms with Crippen LogP contribution >= 0.6 is 0 Å². The third-order valence-corrected chi connectivity index (χ3v) is 3.12. The molecule has 0 rings (SSSR count). The van der Waals surface area contributed by atoms with Crippen LogP contribution in [0.3, 0.4) is 0 Å². The van der Waals surface area contributed by atoms with Crippen molar-refractivity contribution in [2.75, 3.05) is 6.54 Å². The molecule has 0 bridgehead atoms. The molecule has 0 aliphatic rings. The first-order valence-electron chi connectivity index (χ1n) is 6.43. The Morgan fingerprint density at radius 2 is 1.94 bits per heavy atom. The molecule has 0 aliphatic heterocycles. The van der Waals surface area contributed by atoms with Gasteiger partial charge in [0, 0.05) is 24.9 Å². The number of ketones is 1. The Morgan fingerprint density at radius 1 is 1.31 bits per heavy atom. The third-order valence-electron chi connectivity index (χ3n) is 3.12. The number of Topliss-reactive ketones (excluding diaryl/α,β-unsaturated/α-hetero) is 1. The van der Waals surface area contributed by atoms with Gasteiger partial charge in [-0.05, 0) is 32.4 Å². The summed E-state index contributed by atoms with van der Waals surface area (Å²) in [6, 6.07) is 0.554. The first-order valence-corrected chi connectivity index (χ1v) is 6.43. The standard InChI is InChI=1S/C14H27NO/c1-6-13(5)15(7-2)11-9-8-10-14(16)12(3)4/h7,12-13H,2,6,8-11H2,1,3-5H3. The van der Waals surface area contributed by atoms with E-state index < -0.39 is 0 Å². The third kappa shape index (κ3) is 5.94. The van der Waals surface area contributed by atoms with Crippen molar-refractivity contribution in [1.29, 1.82) is 0 Å². The predicted molar refractivity (Wildman–Crippen MR) is 70.4 cm³/mol. The van der Waals surface area contributed by atoms with Crippen LogP contribution < -0.4 is 0 Å². The monoisotopic (exact) mass is 225 g/mol. The number of hydrogen-bond acceptors (Lipinski definition) is 2. The van der Waals surface area contributed by atoms with Crippen LogP contribution in [0.2, 0.25) is 0 Å². The Balaban J connectivity index is 3.71. The molecule has 16 heavy (non-hydrogen) atoms. The van der Waals surface area contributed by atoms with Gasteiger partial charge in [0.05, 0.1) is 0 Å². The van der Waals surface area contributed by atoms with E-state index in [0.717, 1.165) is 32.2 Å². The van der Waals surface area contributed by atoms with E-state index in [-0.39, 0.29) is 5.92 Å². The Kier molecular flexibility index (Phi) is 7.96. The molecule has 0 amide bonds. The molecule has 1 unspecified atom stereocenters. The minimum absolute atomic E-state index is 0.185. The summed E-state index contributed by atoms with van der Waals surface area (Å²) >= 11 is 0. The van der Waals surface area contributed by atoms with Crippen LogP contribution in [0.1, 0.15) is 53.4 Å². The molecule has 0 aliphatic carbocycles. The number of hydrogen-bond donors (Lipinski definition) is 0. The summed E-state index contributed by atoms with van der Waals surface area (Å²) in [5, 5.41) is 0. The topological polar surface area (TPSA) is 20.3 Å². The average molecular weight is 225 g/mol. The minimum Gasteiger partial charge on any atom is -0.375 e. The fourth-order valence-electron chi connectivity index (χ4n) is 1.61. The molecule has 0 aromatic carbocycles. The van der Waals surface area contributed by atoms with Crippen LogP contribution in [0.15, 0.2) is 12.8 Å². The van der Waals surface area contributed by atoms with Crippen LogP contribution in [0.25, 0.3) is 0 Å². The molecule has 0 saturated carbocycles. The lowest BCUT2D eigenvalue weighted by Gasteiger charge is -2.26. The Bertz CT molecular complexity index is 211. The maximum absolute atomic E-state index is 11.4. The molecule has 0 heterocycles. The highest BCUT2D eigenvalue weighted by molar-refractivity contribution is 5.80. The van der Waals surface area contributed by atoms with Gasteiger partial charge in [0.1, 0.15) is 5.78 Å². The number of nitrogens with zero attached hydrogens (tertiary/aromatic N) is 1. The molecule has 0 aromatic heterocycles. The molecular formula is C14H27NO. The smallest absolute Gasteiger partial charge is 0.135 e. The first kappa shape index (κ1) is 15.2. The molecular weight excluding hydrogens is 198 g/mol. The van der Waals surface area contributed by atoms with Crippen molar-refractivity contribution in [3.05, 3.63) is 12.8 Å². The van der Waals surface area contributed by atoms with Gasteiger partial charge in [-0.25, -0.2) is 0 Å². The van der Waals surface area contributed by atoms with Gasteiger partial charge in [0.15, 0.2) is 0 Å². The van der Waals surface area contributed by atoms with Gasteiger partial charge in [0.2, 0.25) is 0 Å². The normalized spacial score (nSPS) is 12.6. The Hall–Kier alpha value is -0.790. The molecule has 2 nitrogen and oxygen atoms in total. The van der Waals surface area contributed by atoms with Gasteiger partial charge >= 0.3 is 0 Å². The second kappa shape index (κ2) is 8.37. The van der Waals surface area contributed by atoms with Crippen LogP contribution in [-0.2, 0) is 4.79 Å². The highest BCUT2D eigenvalue weighted by Crippen LogP contribution is 2.08. The number of rotatable bonds is 9. The summed E-state index contributed by atoms with van der Waals surface area (Å²) in [7, 11) is 0. The van der Waals surface area contributed by atoms with E-state index in [1.54, 1.807) is 0 Å². The molecule has 0 spiro atoms. The molecule has 94 valence electrons. The van der Waals surface area contributed by atoms with Crippen LogP contribution in [-0.4, -0.2) is 23.3 Å². The van der Waals surface area contributed by atoms with Gasteiger partial charge in [0.25, 0.3) is 0 Å². The maximum Gasteiger partial charge on any atom is 0.135 e. The fourth-order valence-corrected chi connectivity index (χ4v) is 1.61. The number of carbonyl (C=O) groups excluding carboxylic acids is 1. The van der Waals surface area contributed by atoms with E-state index in [1.165, 1.54) is 0 Å². The SMILES string of the molecule is C=CN(CCCCC(=O)C(C)C)C(C)CC. The van der Waals surface area contributed by atoms with Crippen LogP contribution in [0.4, 0.5) is 0 Å². The molecule has 1 atom stereocenters. The highest BCUT2D eigenvalue weighted by atomic mass is 16.1. The maximum atomic E-state index is 11.4. The second-order valence-electron chi connectivity index (χ2n) is 4.76. The van der Waals surface area contributed by atoms with Crippen molar-refractivity contribution in [1.82, 2.24) is 4.90 Å². The summed E-state index contributed by atoms with van der Waals surface area (Å²) in [6.45, 7) is 13.2. The summed E-state index contributed by atoms with van der Waals surface area (Å²) in [5.41, 5.74) is 0. The van der Waals surface area contributed by atoms with Crippen molar-refractivity contribution >= 4 is 5.78 Å². The molecule has 0 N–H and O–H groups in total. The van der Waals surface area contributed by atoms with E-state index >= 15 is 0 Å². The molecule has 2 heteroatoms. The highest BCUT2D eigenvalue weighted by Gasteiger charge is 2.09. The van der Waals surface area contributed by atoms with Crippen molar-refractivity contribution in [3.63, 3.8) is 0 Å². The quantitative estimate of drug-likeness (QED) is 0.559. The Labute approximate surface area is 101 Å². The van der Waals surface area contributed by atoms with Crippen LogP contribution in [0, 0.1) is 5.92 Å². The minimum atomic E-state index is 0.185. The van der Waals surface area contributed by atoms with E-state index in [0.29, 0.717) is 11.8 Å². The molecule has 0 fully saturated rings. The van der Waals surface area contributed by atoms with E-state index in [9.17, 15) is 4.79 Å². The van der Waals surface area contributed by atoms with Crippen molar-refractivity contribution in [2.24, 2.45) is 5.92 Å². The average Bonchev–Trinajstić information content (AvgIpc) is 2.27. The largest absolute Gasteiger partial charge is 0.375 e. The van der Waals surface area contributed by atoms with Gasteiger partial charge in [-0.2, -0.15) is 0 Å². The second-order valence-corrected chi connectivity index (χ2v) is 4.76. The van der Waals surface area contributed by atoms with Crippen molar-refractivity contribution in [3.8, 4) is 0 Å². The summed E-state index contributed by atoms with van der Waals surface area (Å²) in [6.07, 6.45) is 5.85. The van der Waals surface area contributed by atoms with E-state index in [2.05, 4.69) is 25.3 Å². The van der Waals surface area contributed by atoms with E-state index in [1.807, 2.05) is 20.0 Å². The lowest BCUT2D eigenvalue weighted by Crippen LogP contribution is -2.28. The van der Waals surface area contributed by atoms with E-state index in [4.69, 9.17) is 0 Å². The van der Waals surface area contributed by atoms with Crippen molar-refractivity contribution in [2.45, 2.75) is 59.4 Å². The van der Waals surface area contributed by atoms with Gasteiger partial charge in [-0.1, -0.05) is 27.4 Å². The fraction of sp³-hybridized carbons (Fsp3) is 0.786. The van der Waals surface area contributed by atoms with Crippen LogP contribution in [0.5, 0.6) is 0 Å². The number of unbranched alkanes of at least 4 members (excludes halogenated alkanes) is 1. The summed E-state index contributed by atoms with van der Waals surface area (Å²) < 4.78 is 0. The lowest BCUT2D eigenvalue weighted by atomic mass is 10.0. The number of carbonyl (C=O) groups is 1. The van der Waals surface area contributed by atoms with Gasteiger partial charge in [-0.3, -0.25) is 4.79 Å². The zero-order chi connectivity index (χ0) is 12.6. The molecule has 0 saturated heterocycles. The summed E-state index contributed by atoms with van der Waals surface area (Å²) in [5.74, 6) is 0.568. The predicted octanol–water partition coefficient (Wildman–Crippen LogP) is 3.63. The van der Waals surface area contributed by atoms with Gasteiger partial charge < -0.3 is 4.90 Å². The van der Waals surface area contributed by atoms with Crippen molar-refractivity contribution < 1.29 is 4.79 Å². The zero-order valence-electron chi connectivity index (χ0n) is 11.3. The lowest BCUT2D eigenvalue weighted by molar-refractivity contribution is -0.122. The summed E-state index contributed by atoms with van der Waals surface area (Å²) in [4.78, 5) is 13.7.